The SMILES string of the molecule is CCOc1ccccc1N.CCOc1ccccc1Nc1cc2c(cc1[N+](=O)[O-])OCO2.O=[N+]([O-])c1cc2c(cc1Br)OCO2. The number of nitrogens with one attached hydrogen (secondary N) is 1. The molecule has 0 fully saturated rings. The van der Waals surface area contributed by atoms with Gasteiger partial charge in [0.25, 0.3) is 11.4 Å². The van der Waals surface area contributed by atoms with Gasteiger partial charge in [-0.05, 0) is 54.0 Å². The third kappa shape index (κ3) is 8.35. The van der Waals surface area contributed by atoms with E-state index in [1.54, 1.807) is 18.2 Å². The average Bonchev–Trinajstić information content (AvgIpc) is 3.68. The molecule has 2 aliphatic rings. The van der Waals surface area contributed by atoms with Gasteiger partial charge in [-0.1, -0.05) is 24.3 Å². The lowest BCUT2D eigenvalue weighted by molar-refractivity contribution is -0.385. The second kappa shape index (κ2) is 15.3. The van der Waals surface area contributed by atoms with Gasteiger partial charge in [0, 0.05) is 12.1 Å². The van der Waals surface area contributed by atoms with Crippen LogP contribution in [0.15, 0.2) is 77.3 Å². The molecule has 4 aromatic carbocycles. The van der Waals surface area contributed by atoms with Gasteiger partial charge in [0.2, 0.25) is 13.6 Å². The summed E-state index contributed by atoms with van der Waals surface area (Å²) in [5.41, 5.74) is 7.13. The molecule has 0 unspecified atom stereocenters. The Morgan fingerprint density at radius 1 is 0.733 bits per heavy atom. The number of fused-ring (bicyclic) bond motifs is 2. The van der Waals surface area contributed by atoms with Crippen LogP contribution in [0, 0.1) is 20.2 Å². The van der Waals surface area contributed by atoms with Crippen molar-refractivity contribution in [3.05, 3.63) is 97.5 Å². The smallest absolute Gasteiger partial charge is 0.296 e. The van der Waals surface area contributed by atoms with Crippen molar-refractivity contribution < 1.29 is 38.3 Å². The number of hydrogen-bond donors (Lipinski definition) is 2. The maximum Gasteiger partial charge on any atom is 0.296 e. The standard InChI is InChI=1S/C15H14N2O5.C8H11NO.C7H4BrNO4/c1-2-20-13-6-4-3-5-10(13)16-11-7-14-15(22-9-21-14)8-12(11)17(18)19;1-2-10-8-6-4-3-5-7(8)9;8-4-1-6-7(13-3-12-6)2-5(4)9(10)11/h3-8,16H,2,9H2,1H3;3-6H,2,9H2,1H3;1-2H,3H2. The summed E-state index contributed by atoms with van der Waals surface area (Å²) in [6, 6.07) is 20.5. The van der Waals surface area contributed by atoms with E-state index in [9.17, 15) is 20.2 Å². The number of anilines is 3. The van der Waals surface area contributed by atoms with E-state index in [1.165, 1.54) is 18.2 Å². The van der Waals surface area contributed by atoms with Crippen LogP contribution in [0.4, 0.5) is 28.4 Å². The maximum absolute atomic E-state index is 11.3. The third-order valence-electron chi connectivity index (χ3n) is 6.00. The van der Waals surface area contributed by atoms with Gasteiger partial charge in [0.1, 0.15) is 17.2 Å². The first-order valence-corrected chi connectivity index (χ1v) is 14.3. The van der Waals surface area contributed by atoms with Gasteiger partial charge in [0.15, 0.2) is 23.0 Å². The van der Waals surface area contributed by atoms with Gasteiger partial charge in [-0.15, -0.1) is 0 Å². The fraction of sp³-hybridized carbons (Fsp3) is 0.200. The molecule has 0 aromatic heterocycles. The van der Waals surface area contributed by atoms with E-state index in [0.717, 1.165) is 5.75 Å². The lowest BCUT2D eigenvalue weighted by Crippen LogP contribution is -2.00. The van der Waals surface area contributed by atoms with Crippen LogP contribution in [0.2, 0.25) is 0 Å². The second-order valence-electron chi connectivity index (χ2n) is 8.92. The second-order valence-corrected chi connectivity index (χ2v) is 9.77. The molecular formula is C30H29BrN4O10. The van der Waals surface area contributed by atoms with E-state index < -0.39 is 9.85 Å². The number of rotatable bonds is 8. The number of halogens is 1. The lowest BCUT2D eigenvalue weighted by Gasteiger charge is -2.12. The highest BCUT2D eigenvalue weighted by atomic mass is 79.9. The Kier molecular flexibility index (Phi) is 11.1. The van der Waals surface area contributed by atoms with Crippen LogP contribution < -0.4 is 39.5 Å². The number of benzene rings is 4. The highest BCUT2D eigenvalue weighted by Crippen LogP contribution is 2.43. The monoisotopic (exact) mass is 684 g/mol. The van der Waals surface area contributed by atoms with Crippen molar-refractivity contribution >= 4 is 44.4 Å². The first kappa shape index (κ1) is 32.5. The van der Waals surface area contributed by atoms with E-state index in [1.807, 2.05) is 50.2 Å². The molecule has 2 aliphatic heterocycles. The topological polar surface area (TPSA) is 180 Å². The molecule has 14 nitrogen and oxygen atoms in total. The minimum absolute atomic E-state index is 0.0238. The number of nitrogen functional groups attached to an aromatic ring is 1. The fourth-order valence-corrected chi connectivity index (χ4v) is 4.46. The largest absolute Gasteiger partial charge is 0.492 e. The number of nitro groups is 2. The van der Waals surface area contributed by atoms with Crippen molar-refractivity contribution in [1.82, 2.24) is 0 Å². The molecule has 3 N–H and O–H groups in total. The minimum atomic E-state index is -0.480. The van der Waals surface area contributed by atoms with E-state index in [-0.39, 0.29) is 25.0 Å². The molecule has 15 heteroatoms. The van der Waals surface area contributed by atoms with Crippen LogP contribution in [-0.4, -0.2) is 36.6 Å². The zero-order valence-corrected chi connectivity index (χ0v) is 25.8. The van der Waals surface area contributed by atoms with Gasteiger partial charge in [-0.25, -0.2) is 0 Å². The molecular weight excluding hydrogens is 656 g/mol. The minimum Gasteiger partial charge on any atom is -0.492 e. The van der Waals surface area contributed by atoms with Crippen molar-refractivity contribution in [2.75, 3.05) is 37.9 Å². The average molecular weight is 685 g/mol. The molecule has 0 saturated carbocycles. The zero-order chi connectivity index (χ0) is 32.3. The highest BCUT2D eigenvalue weighted by molar-refractivity contribution is 9.10. The van der Waals surface area contributed by atoms with E-state index in [0.29, 0.717) is 63.5 Å². The van der Waals surface area contributed by atoms with E-state index in [4.69, 9.17) is 34.2 Å². The summed E-state index contributed by atoms with van der Waals surface area (Å²) in [5, 5.41) is 24.8. The molecule has 0 spiro atoms. The summed E-state index contributed by atoms with van der Waals surface area (Å²) in [6.07, 6.45) is 0. The molecule has 0 bridgehead atoms. The van der Waals surface area contributed by atoms with Gasteiger partial charge in [0.05, 0.1) is 51.0 Å². The number of nitrogens with two attached hydrogens (primary N) is 1. The van der Waals surface area contributed by atoms with Crippen molar-refractivity contribution in [1.29, 1.82) is 0 Å². The van der Waals surface area contributed by atoms with Gasteiger partial charge >= 0.3 is 0 Å². The molecule has 45 heavy (non-hydrogen) atoms. The highest BCUT2D eigenvalue weighted by Gasteiger charge is 2.24. The number of ether oxygens (including phenoxy) is 6. The Morgan fingerprint density at radius 3 is 1.80 bits per heavy atom. The summed E-state index contributed by atoms with van der Waals surface area (Å²) in [4.78, 5) is 20.8. The lowest BCUT2D eigenvalue weighted by atomic mass is 10.2. The molecule has 0 atom stereocenters. The van der Waals surface area contributed by atoms with Crippen LogP contribution in [0.1, 0.15) is 13.8 Å². The number of nitrogens with zero attached hydrogens (tertiary/aromatic N) is 2. The maximum atomic E-state index is 11.3. The van der Waals surface area contributed by atoms with Crippen LogP contribution in [0.3, 0.4) is 0 Å². The summed E-state index contributed by atoms with van der Waals surface area (Å²) >= 11 is 3.07. The fourth-order valence-electron chi connectivity index (χ4n) is 3.99. The Morgan fingerprint density at radius 2 is 1.22 bits per heavy atom. The first-order valence-electron chi connectivity index (χ1n) is 13.5. The predicted molar refractivity (Wildman–Crippen MR) is 169 cm³/mol. The first-order chi connectivity index (χ1) is 21.7. The van der Waals surface area contributed by atoms with Crippen LogP contribution in [0.5, 0.6) is 34.5 Å². The normalized spacial score (nSPS) is 11.7. The van der Waals surface area contributed by atoms with E-state index in [2.05, 4.69) is 21.2 Å². The van der Waals surface area contributed by atoms with Gasteiger partial charge in [-0.3, -0.25) is 20.2 Å². The van der Waals surface area contributed by atoms with Crippen molar-refractivity contribution in [3.8, 4) is 34.5 Å². The van der Waals surface area contributed by atoms with Crippen LogP contribution >= 0.6 is 15.9 Å². The van der Waals surface area contributed by atoms with Crippen molar-refractivity contribution in [2.45, 2.75) is 13.8 Å². The predicted octanol–water partition coefficient (Wildman–Crippen LogP) is 7.22. The Labute approximate surface area is 266 Å². The quantitative estimate of drug-likeness (QED) is 0.108. The number of hydrogen-bond acceptors (Lipinski definition) is 12. The van der Waals surface area contributed by atoms with Crippen LogP contribution in [-0.2, 0) is 0 Å². The van der Waals surface area contributed by atoms with E-state index >= 15 is 0 Å². The van der Waals surface area contributed by atoms with Crippen molar-refractivity contribution in [2.24, 2.45) is 0 Å². The zero-order valence-electron chi connectivity index (χ0n) is 24.2. The summed E-state index contributed by atoms with van der Waals surface area (Å²) in [6.45, 7) is 5.15. The number of nitro benzene ring substituents is 2. The molecule has 0 aliphatic carbocycles. The molecule has 6 rings (SSSR count). The Balaban J connectivity index is 0.000000170. The van der Waals surface area contributed by atoms with Gasteiger partial charge < -0.3 is 39.5 Å². The molecule has 0 radical (unpaired) electrons. The summed E-state index contributed by atoms with van der Waals surface area (Å²) in [7, 11) is 0. The molecule has 4 aromatic rings. The van der Waals surface area contributed by atoms with Gasteiger partial charge in [-0.2, -0.15) is 0 Å². The number of para-hydroxylation sites is 4. The summed E-state index contributed by atoms with van der Waals surface area (Å²) in [5.74, 6) is 3.17. The van der Waals surface area contributed by atoms with Crippen molar-refractivity contribution in [3.63, 3.8) is 0 Å². The summed E-state index contributed by atoms with van der Waals surface area (Å²) < 4.78 is 31.6. The molecule has 0 saturated heterocycles. The molecule has 0 amide bonds. The third-order valence-corrected chi connectivity index (χ3v) is 6.64. The Hall–Kier alpha value is -5.44. The van der Waals surface area contributed by atoms with Crippen LogP contribution in [0.25, 0.3) is 0 Å². The Bertz CT molecular complexity index is 1670. The molecule has 2 heterocycles. The molecule has 236 valence electrons.